The molecular weight excluding hydrogens is 164 g/mol. The lowest BCUT2D eigenvalue weighted by Crippen LogP contribution is -1.84. The fourth-order valence-corrected chi connectivity index (χ4v) is 1.08. The van der Waals surface area contributed by atoms with Crippen molar-refractivity contribution in [3.63, 3.8) is 0 Å². The summed E-state index contributed by atoms with van der Waals surface area (Å²) in [5, 5.41) is 4.00. The monoisotopic (exact) mass is 174 g/mol. The van der Waals surface area contributed by atoms with Crippen LogP contribution < -0.4 is 4.74 Å². The molecule has 2 aromatic rings. The van der Waals surface area contributed by atoms with Crippen LogP contribution in [0.1, 0.15) is 0 Å². The average molecular weight is 174 g/mol. The predicted molar refractivity (Wildman–Crippen MR) is 49.7 cm³/mol. The molecule has 0 amide bonds. The van der Waals surface area contributed by atoms with Crippen LogP contribution in [0.2, 0.25) is 0 Å². The first-order valence-electron chi connectivity index (χ1n) is 4.06. The lowest BCUT2D eigenvalue weighted by atomic mass is 10.3. The minimum atomic E-state index is 0.758. The van der Waals surface area contributed by atoms with Gasteiger partial charge in [-0.05, 0) is 12.1 Å². The Kier molecular flexibility index (Phi) is 2.00. The van der Waals surface area contributed by atoms with E-state index in [9.17, 15) is 0 Å². The van der Waals surface area contributed by atoms with Crippen molar-refractivity contribution in [1.82, 2.24) is 9.78 Å². The zero-order chi connectivity index (χ0) is 9.10. The van der Waals surface area contributed by atoms with E-state index in [-0.39, 0.29) is 0 Å². The van der Waals surface area contributed by atoms with Gasteiger partial charge in [-0.15, -0.1) is 0 Å². The van der Waals surface area contributed by atoms with Crippen LogP contribution in [0.15, 0.2) is 42.7 Å². The molecule has 0 radical (unpaired) electrons. The maximum absolute atomic E-state index is 5.52. The standard InChI is InChI=1S/C10H10N2O/c1-12-8-10(7-11-12)13-9-5-3-2-4-6-9/h2-8H,1H3. The third-order valence-electron chi connectivity index (χ3n) is 1.66. The Labute approximate surface area is 76.6 Å². The molecule has 66 valence electrons. The van der Waals surface area contributed by atoms with E-state index in [4.69, 9.17) is 4.74 Å². The summed E-state index contributed by atoms with van der Waals surface area (Å²) in [7, 11) is 1.86. The topological polar surface area (TPSA) is 27.1 Å². The summed E-state index contributed by atoms with van der Waals surface area (Å²) in [5.74, 6) is 1.59. The molecule has 3 heteroatoms. The number of hydrogen-bond donors (Lipinski definition) is 0. The first-order chi connectivity index (χ1) is 6.34. The van der Waals surface area contributed by atoms with Crippen molar-refractivity contribution in [2.45, 2.75) is 0 Å². The fraction of sp³-hybridized carbons (Fsp3) is 0.100. The van der Waals surface area contributed by atoms with Crippen LogP contribution in [0, 0.1) is 0 Å². The number of benzene rings is 1. The first-order valence-corrected chi connectivity index (χ1v) is 4.06. The lowest BCUT2D eigenvalue weighted by molar-refractivity contribution is 0.482. The maximum atomic E-state index is 5.52. The van der Waals surface area contributed by atoms with Crippen LogP contribution in [0.5, 0.6) is 11.5 Å². The predicted octanol–water partition coefficient (Wildman–Crippen LogP) is 2.21. The highest BCUT2D eigenvalue weighted by atomic mass is 16.5. The molecule has 0 fully saturated rings. The lowest BCUT2D eigenvalue weighted by Gasteiger charge is -2.00. The Balaban J connectivity index is 2.15. The van der Waals surface area contributed by atoms with Crippen LogP contribution in [0.3, 0.4) is 0 Å². The second-order valence-electron chi connectivity index (χ2n) is 2.76. The zero-order valence-electron chi connectivity index (χ0n) is 7.34. The highest BCUT2D eigenvalue weighted by Gasteiger charge is 1.97. The summed E-state index contributed by atoms with van der Waals surface area (Å²) in [6.45, 7) is 0. The van der Waals surface area contributed by atoms with E-state index in [2.05, 4.69) is 5.10 Å². The molecule has 0 bridgehead atoms. The Hall–Kier alpha value is -1.77. The molecule has 0 unspecified atom stereocenters. The van der Waals surface area contributed by atoms with Crippen LogP contribution in [-0.2, 0) is 7.05 Å². The number of rotatable bonds is 2. The fourth-order valence-electron chi connectivity index (χ4n) is 1.08. The number of aromatic nitrogens is 2. The molecule has 0 aliphatic heterocycles. The summed E-state index contributed by atoms with van der Waals surface area (Å²) in [6.07, 6.45) is 3.51. The molecule has 1 aromatic heterocycles. The van der Waals surface area contributed by atoms with Gasteiger partial charge in [0.05, 0.1) is 12.4 Å². The zero-order valence-corrected chi connectivity index (χ0v) is 7.34. The molecular formula is C10H10N2O. The summed E-state index contributed by atoms with van der Waals surface area (Å²) < 4.78 is 7.22. The normalized spacial score (nSPS) is 9.92. The second kappa shape index (κ2) is 3.31. The molecule has 0 N–H and O–H groups in total. The number of ether oxygens (including phenoxy) is 1. The van der Waals surface area contributed by atoms with Gasteiger partial charge in [-0.3, -0.25) is 4.68 Å². The number of hydrogen-bond acceptors (Lipinski definition) is 2. The van der Waals surface area contributed by atoms with E-state index in [1.54, 1.807) is 10.9 Å². The van der Waals surface area contributed by atoms with Crippen molar-refractivity contribution in [3.05, 3.63) is 42.7 Å². The summed E-state index contributed by atoms with van der Waals surface area (Å²) in [6, 6.07) is 9.65. The Bertz CT molecular complexity index is 381. The van der Waals surface area contributed by atoms with Crippen molar-refractivity contribution in [2.75, 3.05) is 0 Å². The maximum Gasteiger partial charge on any atom is 0.165 e. The highest BCUT2D eigenvalue weighted by Crippen LogP contribution is 2.18. The van der Waals surface area contributed by atoms with E-state index < -0.39 is 0 Å². The van der Waals surface area contributed by atoms with Crippen molar-refractivity contribution >= 4 is 0 Å². The molecule has 0 spiro atoms. The van der Waals surface area contributed by atoms with Gasteiger partial charge in [0.25, 0.3) is 0 Å². The second-order valence-corrected chi connectivity index (χ2v) is 2.76. The van der Waals surface area contributed by atoms with Crippen molar-refractivity contribution in [2.24, 2.45) is 7.05 Å². The smallest absolute Gasteiger partial charge is 0.165 e. The van der Waals surface area contributed by atoms with Gasteiger partial charge in [0.2, 0.25) is 0 Å². The molecule has 3 nitrogen and oxygen atoms in total. The number of aryl methyl sites for hydroxylation is 1. The summed E-state index contributed by atoms with van der Waals surface area (Å²) >= 11 is 0. The summed E-state index contributed by atoms with van der Waals surface area (Å²) in [4.78, 5) is 0. The molecule has 2 rings (SSSR count). The van der Waals surface area contributed by atoms with Crippen LogP contribution in [0.25, 0.3) is 0 Å². The molecule has 1 aromatic carbocycles. The van der Waals surface area contributed by atoms with Crippen LogP contribution in [0.4, 0.5) is 0 Å². The molecule has 0 saturated carbocycles. The van der Waals surface area contributed by atoms with E-state index in [1.807, 2.05) is 43.6 Å². The van der Waals surface area contributed by atoms with E-state index >= 15 is 0 Å². The minimum absolute atomic E-state index is 0.758. The highest BCUT2D eigenvalue weighted by molar-refractivity contribution is 5.27. The van der Waals surface area contributed by atoms with E-state index in [0.29, 0.717) is 0 Å². The van der Waals surface area contributed by atoms with Gasteiger partial charge < -0.3 is 4.74 Å². The average Bonchev–Trinajstić information content (AvgIpc) is 2.53. The van der Waals surface area contributed by atoms with E-state index in [1.165, 1.54) is 0 Å². The van der Waals surface area contributed by atoms with Crippen molar-refractivity contribution in [3.8, 4) is 11.5 Å². The van der Waals surface area contributed by atoms with Gasteiger partial charge in [0.15, 0.2) is 5.75 Å². The Morgan fingerprint density at radius 2 is 1.92 bits per heavy atom. The molecule has 0 saturated heterocycles. The van der Waals surface area contributed by atoms with E-state index in [0.717, 1.165) is 11.5 Å². The minimum Gasteiger partial charge on any atom is -0.454 e. The van der Waals surface area contributed by atoms with Gasteiger partial charge in [0.1, 0.15) is 5.75 Å². The van der Waals surface area contributed by atoms with Crippen LogP contribution >= 0.6 is 0 Å². The van der Waals surface area contributed by atoms with Crippen molar-refractivity contribution < 1.29 is 4.74 Å². The third kappa shape index (κ3) is 1.87. The Morgan fingerprint density at radius 1 is 1.15 bits per heavy atom. The molecule has 0 aliphatic carbocycles. The van der Waals surface area contributed by atoms with Crippen molar-refractivity contribution in [1.29, 1.82) is 0 Å². The van der Waals surface area contributed by atoms with Gasteiger partial charge in [-0.1, -0.05) is 18.2 Å². The third-order valence-corrected chi connectivity index (χ3v) is 1.66. The number of para-hydroxylation sites is 1. The first kappa shape index (κ1) is 7.86. The van der Waals surface area contributed by atoms with Gasteiger partial charge in [-0.25, -0.2) is 0 Å². The SMILES string of the molecule is Cn1cc(Oc2ccccc2)cn1. The molecule has 0 aliphatic rings. The molecule has 0 atom stereocenters. The quantitative estimate of drug-likeness (QED) is 0.698. The molecule has 13 heavy (non-hydrogen) atoms. The largest absolute Gasteiger partial charge is 0.454 e. The van der Waals surface area contributed by atoms with Gasteiger partial charge >= 0.3 is 0 Å². The molecule has 1 heterocycles. The Morgan fingerprint density at radius 3 is 2.54 bits per heavy atom. The number of nitrogens with zero attached hydrogens (tertiary/aromatic N) is 2. The van der Waals surface area contributed by atoms with Crippen LogP contribution in [-0.4, -0.2) is 9.78 Å². The summed E-state index contributed by atoms with van der Waals surface area (Å²) in [5.41, 5.74) is 0. The van der Waals surface area contributed by atoms with Gasteiger partial charge in [0, 0.05) is 7.05 Å². The van der Waals surface area contributed by atoms with Gasteiger partial charge in [-0.2, -0.15) is 5.10 Å².